The molecular weight excluding hydrogens is 410 g/mol. The first-order chi connectivity index (χ1) is 15.6. The Morgan fingerprint density at radius 3 is 2.88 bits per heavy atom. The Kier molecular flexibility index (Phi) is 8.73. The Bertz CT molecular complexity index is 637. The fourth-order valence-corrected chi connectivity index (χ4v) is 5.64. The van der Waals surface area contributed by atoms with E-state index in [1.807, 2.05) is 0 Å². The van der Waals surface area contributed by atoms with Crippen LogP contribution in [-0.4, -0.2) is 68.0 Å². The quantitative estimate of drug-likeness (QED) is 0.269. The predicted octanol–water partition coefficient (Wildman–Crippen LogP) is -0.110. The van der Waals surface area contributed by atoms with Gasteiger partial charge < -0.3 is 15.5 Å². The van der Waals surface area contributed by atoms with Crippen LogP contribution in [0.25, 0.3) is 0 Å². The Labute approximate surface area is 191 Å². The monoisotopic (exact) mass is 451 g/mol. The maximum Gasteiger partial charge on any atom is 0.237 e. The van der Waals surface area contributed by atoms with Crippen molar-refractivity contribution in [2.24, 2.45) is 11.8 Å². The van der Waals surface area contributed by atoms with Crippen molar-refractivity contribution in [1.82, 2.24) is 37.2 Å². The van der Waals surface area contributed by atoms with E-state index in [2.05, 4.69) is 44.2 Å². The molecule has 3 saturated heterocycles. The van der Waals surface area contributed by atoms with Crippen molar-refractivity contribution in [3.63, 3.8) is 0 Å². The molecule has 3 heterocycles. The molecule has 182 valence electrons. The van der Waals surface area contributed by atoms with E-state index in [-0.39, 0.29) is 36.3 Å². The number of nitrogens with zero attached hydrogens (tertiary/aromatic N) is 1. The summed E-state index contributed by atoms with van der Waals surface area (Å²) in [6.45, 7) is 2.57. The number of likely N-dealkylation sites (tertiary alicyclic amines) is 1. The van der Waals surface area contributed by atoms with Gasteiger partial charge in [0, 0.05) is 30.8 Å². The van der Waals surface area contributed by atoms with E-state index >= 15 is 0 Å². The summed E-state index contributed by atoms with van der Waals surface area (Å²) in [5.41, 5.74) is 9.05. The van der Waals surface area contributed by atoms with E-state index in [0.717, 1.165) is 45.2 Å². The van der Waals surface area contributed by atoms with Crippen molar-refractivity contribution >= 4 is 11.8 Å². The highest BCUT2D eigenvalue weighted by Gasteiger charge is 2.39. The molecule has 1 aliphatic carbocycles. The molecule has 0 bridgehead atoms. The van der Waals surface area contributed by atoms with Gasteiger partial charge in [0.2, 0.25) is 11.8 Å². The maximum atomic E-state index is 12.2. The Balaban J connectivity index is 1.06. The minimum absolute atomic E-state index is 0.0593. The summed E-state index contributed by atoms with van der Waals surface area (Å²) in [4.78, 5) is 32.3. The summed E-state index contributed by atoms with van der Waals surface area (Å²) in [7, 11) is 2.16. The van der Waals surface area contributed by atoms with E-state index < -0.39 is 0 Å². The van der Waals surface area contributed by atoms with Crippen LogP contribution in [0.2, 0.25) is 0 Å². The Morgan fingerprint density at radius 1 is 1.16 bits per heavy atom. The third-order valence-corrected chi connectivity index (χ3v) is 7.52. The predicted molar refractivity (Wildman–Crippen MR) is 121 cm³/mol. The molecule has 10 nitrogen and oxygen atoms in total. The average Bonchev–Trinajstić information content (AvgIpc) is 3.28. The molecule has 10 heteroatoms. The molecule has 0 aromatic rings. The molecule has 6 unspecified atom stereocenters. The molecule has 4 rings (SSSR count). The van der Waals surface area contributed by atoms with Crippen LogP contribution in [0.3, 0.4) is 0 Å². The third kappa shape index (κ3) is 6.18. The van der Waals surface area contributed by atoms with Gasteiger partial charge in [-0.15, -0.1) is 0 Å². The molecule has 1 saturated carbocycles. The van der Waals surface area contributed by atoms with Crippen LogP contribution in [0.4, 0.5) is 0 Å². The minimum atomic E-state index is -0.126. The number of piperidine rings is 1. The van der Waals surface area contributed by atoms with Crippen LogP contribution in [-0.2, 0) is 14.4 Å². The first-order valence-corrected chi connectivity index (χ1v) is 12.5. The zero-order chi connectivity index (χ0) is 22.3. The molecule has 6 atom stereocenters. The van der Waals surface area contributed by atoms with Crippen molar-refractivity contribution < 1.29 is 14.4 Å². The number of hydrazine groups is 1. The second-order valence-electron chi connectivity index (χ2n) is 9.77. The number of rotatable bonds is 9. The lowest BCUT2D eigenvalue weighted by atomic mass is 9.76. The molecule has 0 aromatic heterocycles. The van der Waals surface area contributed by atoms with Gasteiger partial charge in [-0.3, -0.25) is 25.2 Å². The Morgan fingerprint density at radius 2 is 2.00 bits per heavy atom. The van der Waals surface area contributed by atoms with Crippen molar-refractivity contribution in [1.29, 1.82) is 0 Å². The van der Waals surface area contributed by atoms with Crippen LogP contribution in [0.1, 0.15) is 64.2 Å². The number of hydrogen-bond donors (Lipinski definition) is 6. The summed E-state index contributed by atoms with van der Waals surface area (Å²) < 4.78 is 0. The van der Waals surface area contributed by atoms with E-state index in [1.165, 1.54) is 19.3 Å². The van der Waals surface area contributed by atoms with E-state index in [1.54, 1.807) is 0 Å². The number of nitrogens with one attached hydrogen (secondary N) is 6. The van der Waals surface area contributed by atoms with Gasteiger partial charge in [0.1, 0.15) is 6.23 Å². The third-order valence-electron chi connectivity index (χ3n) is 7.52. The lowest BCUT2D eigenvalue weighted by Gasteiger charge is -2.41. The van der Waals surface area contributed by atoms with Crippen molar-refractivity contribution in [3.05, 3.63) is 0 Å². The van der Waals surface area contributed by atoms with Crippen LogP contribution in [0.15, 0.2) is 0 Å². The van der Waals surface area contributed by atoms with Crippen LogP contribution in [0, 0.1) is 11.8 Å². The maximum absolute atomic E-state index is 12.2. The molecule has 32 heavy (non-hydrogen) atoms. The molecule has 0 radical (unpaired) electrons. The molecule has 3 aliphatic heterocycles. The second-order valence-corrected chi connectivity index (χ2v) is 9.77. The number of fused-ring (bicyclic) bond motifs is 1. The normalized spacial score (nSPS) is 35.8. The van der Waals surface area contributed by atoms with Crippen molar-refractivity contribution in [2.75, 3.05) is 26.7 Å². The number of carbonyl (C=O) groups is 2. The fraction of sp³-hybridized carbons (Fsp3) is 0.909. The highest BCUT2D eigenvalue weighted by molar-refractivity contribution is 5.79. The van der Waals surface area contributed by atoms with Gasteiger partial charge in [0.05, 0.1) is 12.3 Å². The lowest BCUT2D eigenvalue weighted by Crippen LogP contribution is -2.64. The summed E-state index contributed by atoms with van der Waals surface area (Å²) in [5, 5.41) is 10.0. The SMILES string of the molecule is CN1CCCCC1C1NOC(CCC(=O)NCCCNC2NNC(=O)C3CCCCC23)N1. The number of hydrogen-bond acceptors (Lipinski definition) is 8. The summed E-state index contributed by atoms with van der Waals surface area (Å²) in [6.07, 6.45) is 10.1. The highest BCUT2D eigenvalue weighted by Crippen LogP contribution is 2.33. The van der Waals surface area contributed by atoms with Gasteiger partial charge >= 0.3 is 0 Å². The highest BCUT2D eigenvalue weighted by atomic mass is 16.7. The zero-order valence-corrected chi connectivity index (χ0v) is 19.3. The number of carbonyl (C=O) groups excluding carboxylic acids is 2. The first kappa shape index (κ1) is 23.8. The molecular formula is C22H41N7O3. The largest absolute Gasteiger partial charge is 0.356 e. The van der Waals surface area contributed by atoms with Crippen LogP contribution >= 0.6 is 0 Å². The molecule has 4 fully saturated rings. The van der Waals surface area contributed by atoms with E-state index in [4.69, 9.17) is 4.84 Å². The summed E-state index contributed by atoms with van der Waals surface area (Å²) in [5.74, 6) is 0.676. The second kappa shape index (κ2) is 11.7. The summed E-state index contributed by atoms with van der Waals surface area (Å²) in [6, 6.07) is 0.436. The standard InChI is InChI=1S/C22H41N7O3/c1-29-14-5-4-9-17(29)21-25-19(32-28-21)11-10-18(30)23-12-6-13-24-20-15-7-2-3-8-16(15)22(31)27-26-20/h15-17,19-21,24-26,28H,2-14H2,1H3,(H,23,30)(H,27,31). The summed E-state index contributed by atoms with van der Waals surface area (Å²) >= 11 is 0. The van der Waals surface area contributed by atoms with Crippen molar-refractivity contribution in [3.8, 4) is 0 Å². The fourth-order valence-electron chi connectivity index (χ4n) is 5.64. The zero-order valence-electron chi connectivity index (χ0n) is 19.3. The smallest absolute Gasteiger partial charge is 0.237 e. The van der Waals surface area contributed by atoms with E-state index in [9.17, 15) is 9.59 Å². The topological polar surface area (TPSA) is 119 Å². The number of hydroxylamine groups is 1. The van der Waals surface area contributed by atoms with Gasteiger partial charge in [0.25, 0.3) is 0 Å². The van der Waals surface area contributed by atoms with Gasteiger partial charge in [-0.2, -0.15) is 5.48 Å². The lowest BCUT2D eigenvalue weighted by molar-refractivity contribution is -0.134. The van der Waals surface area contributed by atoms with Crippen molar-refractivity contribution in [2.45, 2.75) is 88.8 Å². The van der Waals surface area contributed by atoms with Crippen LogP contribution < -0.4 is 32.3 Å². The van der Waals surface area contributed by atoms with E-state index in [0.29, 0.717) is 31.3 Å². The van der Waals surface area contributed by atoms with Gasteiger partial charge in [0.15, 0.2) is 0 Å². The molecule has 0 aromatic carbocycles. The molecule has 2 amide bonds. The molecule has 6 N–H and O–H groups in total. The number of amides is 2. The minimum Gasteiger partial charge on any atom is -0.356 e. The van der Waals surface area contributed by atoms with Gasteiger partial charge in [-0.25, -0.2) is 5.43 Å². The first-order valence-electron chi connectivity index (χ1n) is 12.5. The Hall–Kier alpha value is -1.30. The molecule has 0 spiro atoms. The van der Waals surface area contributed by atoms with Gasteiger partial charge in [-0.1, -0.05) is 19.3 Å². The van der Waals surface area contributed by atoms with Crippen LogP contribution in [0.5, 0.6) is 0 Å². The molecule has 4 aliphatic rings. The number of likely N-dealkylation sites (N-methyl/N-ethyl adjacent to an activating group) is 1. The average molecular weight is 452 g/mol. The van der Waals surface area contributed by atoms with Gasteiger partial charge in [-0.05, 0) is 58.7 Å².